The van der Waals surface area contributed by atoms with Crippen molar-refractivity contribution in [3.05, 3.63) is 74.3 Å². The third-order valence-electron chi connectivity index (χ3n) is 9.47. The van der Waals surface area contributed by atoms with Crippen molar-refractivity contribution in [1.29, 1.82) is 0 Å². The number of aromatic hydroxyl groups is 1. The Balaban J connectivity index is 1.21. The van der Waals surface area contributed by atoms with Crippen molar-refractivity contribution in [1.82, 2.24) is 14.8 Å². The van der Waals surface area contributed by atoms with Crippen LogP contribution < -0.4 is 0 Å². The number of phenolic OH excluding ortho intramolecular Hbond substituents is 1. The number of aromatic nitrogens is 2. The van der Waals surface area contributed by atoms with Gasteiger partial charge in [0.2, 0.25) is 5.91 Å². The number of nitro groups is 1. The molecule has 4 aliphatic carbocycles. The van der Waals surface area contributed by atoms with Crippen LogP contribution in [0.25, 0.3) is 0 Å². The van der Waals surface area contributed by atoms with E-state index in [1.54, 1.807) is 23.3 Å². The summed E-state index contributed by atoms with van der Waals surface area (Å²) in [5.74, 6) is 2.20. The van der Waals surface area contributed by atoms with Gasteiger partial charge in [-0.15, -0.1) is 0 Å². The highest BCUT2D eigenvalue weighted by molar-refractivity contribution is 9.10. The summed E-state index contributed by atoms with van der Waals surface area (Å²) in [6, 6.07) is 10.4. The lowest BCUT2D eigenvalue weighted by Gasteiger charge is -2.61. The predicted molar refractivity (Wildman–Crippen MR) is 149 cm³/mol. The van der Waals surface area contributed by atoms with E-state index in [1.165, 1.54) is 0 Å². The van der Waals surface area contributed by atoms with Crippen molar-refractivity contribution in [2.24, 2.45) is 22.4 Å². The number of phenols is 1. The molecule has 1 aliphatic heterocycles. The van der Waals surface area contributed by atoms with Gasteiger partial charge in [-0.3, -0.25) is 4.79 Å². The zero-order chi connectivity index (χ0) is 27.8. The largest absolute Gasteiger partial charge is 0.508 e. The van der Waals surface area contributed by atoms with E-state index in [0.717, 1.165) is 44.3 Å². The molecule has 11 heteroatoms. The lowest BCUT2D eigenvalue weighted by atomic mass is 9.46. The van der Waals surface area contributed by atoms with Crippen LogP contribution in [0.15, 0.2) is 56.6 Å². The van der Waals surface area contributed by atoms with Crippen molar-refractivity contribution in [2.75, 3.05) is 0 Å². The van der Waals surface area contributed by atoms with Gasteiger partial charge < -0.3 is 19.6 Å². The molecule has 1 aromatic carbocycles. The zero-order valence-electron chi connectivity index (χ0n) is 22.1. The summed E-state index contributed by atoms with van der Waals surface area (Å²) < 4.78 is 8.05. The number of hydrogen-bond acceptors (Lipinski definition) is 7. The SMILES string of the molecule is Cc1ccc(C2=NN(C(=O)CC34C[C@H]5C[C@H](C3)CC(n3cc(Br)c([N+](=O)[O-])n3)(C5)C4)[C@@H](c3ccccc3O)C2)o1. The Morgan fingerprint density at radius 2 is 1.95 bits per heavy atom. The lowest BCUT2D eigenvalue weighted by Crippen LogP contribution is -2.57. The fourth-order valence-corrected chi connectivity index (χ4v) is 8.90. The standard InChI is InChI=1S/C29H30BrN5O5/c1-17-6-7-25(40-17)22-9-23(20-4-2-3-5-24(20)36)34(31-22)26(37)14-28-10-18-8-19(11-28)13-29(12-18,16-28)33-15-21(30)27(32-33)35(38)39/h2-7,15,18-19,23,36H,8-14,16H2,1H3/t18-,19-,23-,28?,29?/m1/s1. The quantitative estimate of drug-likeness (QED) is 0.261. The van der Waals surface area contributed by atoms with Crippen molar-refractivity contribution < 1.29 is 19.2 Å². The van der Waals surface area contributed by atoms with Crippen LogP contribution >= 0.6 is 15.9 Å². The van der Waals surface area contributed by atoms with Crippen LogP contribution in [0.5, 0.6) is 5.75 Å². The van der Waals surface area contributed by atoms with Gasteiger partial charge in [0.15, 0.2) is 0 Å². The van der Waals surface area contributed by atoms with E-state index in [4.69, 9.17) is 9.52 Å². The molecule has 4 saturated carbocycles. The Morgan fingerprint density at radius 3 is 2.60 bits per heavy atom. The Morgan fingerprint density at radius 1 is 1.20 bits per heavy atom. The van der Waals surface area contributed by atoms with Crippen LogP contribution in [0.1, 0.15) is 74.5 Å². The van der Waals surface area contributed by atoms with E-state index in [9.17, 15) is 20.0 Å². The van der Waals surface area contributed by atoms with Crippen LogP contribution in [0.3, 0.4) is 0 Å². The van der Waals surface area contributed by atoms with Gasteiger partial charge in [-0.2, -0.15) is 9.78 Å². The van der Waals surface area contributed by atoms with Gasteiger partial charge in [0.05, 0.1) is 22.9 Å². The second-order valence-electron chi connectivity index (χ2n) is 12.3. The Kier molecular flexibility index (Phi) is 5.75. The van der Waals surface area contributed by atoms with Crippen molar-refractivity contribution >= 4 is 33.4 Å². The van der Waals surface area contributed by atoms with Gasteiger partial charge in [-0.25, -0.2) is 5.01 Å². The second kappa shape index (κ2) is 9.02. The van der Waals surface area contributed by atoms with E-state index in [-0.39, 0.29) is 28.4 Å². The van der Waals surface area contributed by atoms with E-state index in [0.29, 0.717) is 46.2 Å². The topological polar surface area (TPSA) is 127 Å². The molecule has 0 spiro atoms. The fourth-order valence-electron chi connectivity index (χ4n) is 8.48. The number of hydrogen-bond donors (Lipinski definition) is 1. The summed E-state index contributed by atoms with van der Waals surface area (Å²) in [6.07, 6.45) is 8.20. The van der Waals surface area contributed by atoms with Crippen LogP contribution in [0.2, 0.25) is 0 Å². The molecule has 208 valence electrons. The van der Waals surface area contributed by atoms with E-state index in [2.05, 4.69) is 21.0 Å². The molecule has 2 aromatic heterocycles. The number of rotatable bonds is 6. The van der Waals surface area contributed by atoms with E-state index >= 15 is 0 Å². The zero-order valence-corrected chi connectivity index (χ0v) is 23.7. The Hall–Kier alpha value is -3.47. The van der Waals surface area contributed by atoms with Crippen LogP contribution in [-0.2, 0) is 10.3 Å². The highest BCUT2D eigenvalue weighted by atomic mass is 79.9. The molecule has 5 aliphatic rings. The molecule has 3 heterocycles. The van der Waals surface area contributed by atoms with Gasteiger partial charge in [-0.1, -0.05) is 18.2 Å². The van der Waals surface area contributed by atoms with Crippen molar-refractivity contribution in [2.45, 2.75) is 69.9 Å². The van der Waals surface area contributed by atoms with Gasteiger partial charge in [0, 0.05) is 18.4 Å². The fraction of sp³-hybridized carbons (Fsp3) is 0.483. The Bertz CT molecular complexity index is 1550. The summed E-state index contributed by atoms with van der Waals surface area (Å²) in [5, 5.41) is 33.0. The number of nitrogens with zero attached hydrogens (tertiary/aromatic N) is 5. The van der Waals surface area contributed by atoms with Crippen molar-refractivity contribution in [3.8, 4) is 5.75 Å². The lowest BCUT2D eigenvalue weighted by molar-refractivity contribution is -0.390. The summed E-state index contributed by atoms with van der Waals surface area (Å²) in [5.41, 5.74) is 0.791. The number of benzene rings is 1. The first-order valence-electron chi connectivity index (χ1n) is 13.8. The summed E-state index contributed by atoms with van der Waals surface area (Å²) in [7, 11) is 0. The molecule has 0 radical (unpaired) electrons. The molecule has 3 atom stereocenters. The average Bonchev–Trinajstić information content (AvgIpc) is 3.61. The molecule has 4 fully saturated rings. The van der Waals surface area contributed by atoms with Gasteiger partial charge in [0.25, 0.3) is 0 Å². The number of aryl methyl sites for hydroxylation is 1. The number of para-hydroxylation sites is 1. The Labute approximate surface area is 239 Å². The molecule has 1 amide bonds. The van der Waals surface area contributed by atoms with E-state index < -0.39 is 11.0 Å². The number of halogens is 1. The highest BCUT2D eigenvalue weighted by Crippen LogP contribution is 2.65. The van der Waals surface area contributed by atoms with Crippen LogP contribution in [0, 0.1) is 34.3 Å². The van der Waals surface area contributed by atoms with Gasteiger partial charge in [-0.05, 0) is 102 Å². The number of hydrazone groups is 1. The molecule has 4 bridgehead atoms. The number of carbonyl (C=O) groups is 1. The molecule has 1 N–H and O–H groups in total. The van der Waals surface area contributed by atoms with Crippen LogP contribution in [-0.4, -0.2) is 36.4 Å². The maximum absolute atomic E-state index is 14.2. The third-order valence-corrected chi connectivity index (χ3v) is 10.0. The maximum atomic E-state index is 14.2. The first-order chi connectivity index (χ1) is 19.1. The normalized spacial score (nSPS) is 30.6. The van der Waals surface area contributed by atoms with E-state index in [1.807, 2.05) is 35.9 Å². The summed E-state index contributed by atoms with van der Waals surface area (Å²) in [4.78, 5) is 25.3. The molecule has 3 aromatic rings. The minimum Gasteiger partial charge on any atom is -0.508 e. The average molecular weight is 608 g/mol. The molecular formula is C29H30BrN5O5. The predicted octanol–water partition coefficient (Wildman–Crippen LogP) is 6.22. The molecule has 8 rings (SSSR count). The molecular weight excluding hydrogens is 578 g/mol. The minimum atomic E-state index is -0.455. The molecule has 40 heavy (non-hydrogen) atoms. The number of furan rings is 1. The first-order valence-corrected chi connectivity index (χ1v) is 14.6. The molecule has 10 nitrogen and oxygen atoms in total. The molecule has 0 saturated heterocycles. The smallest absolute Gasteiger partial charge is 0.404 e. The first kappa shape index (κ1) is 25.5. The van der Waals surface area contributed by atoms with Gasteiger partial charge >= 0.3 is 5.82 Å². The number of amides is 1. The number of carbonyl (C=O) groups excluding carboxylic acids is 1. The third kappa shape index (κ3) is 4.08. The summed E-state index contributed by atoms with van der Waals surface area (Å²) >= 11 is 3.33. The maximum Gasteiger partial charge on any atom is 0.404 e. The second-order valence-corrected chi connectivity index (χ2v) is 13.2. The monoisotopic (exact) mass is 607 g/mol. The van der Waals surface area contributed by atoms with Crippen molar-refractivity contribution in [3.63, 3.8) is 0 Å². The summed E-state index contributed by atoms with van der Waals surface area (Å²) in [6.45, 7) is 1.87. The minimum absolute atomic E-state index is 0.0729. The van der Waals surface area contributed by atoms with Gasteiger partial charge in [0.1, 0.15) is 27.5 Å². The van der Waals surface area contributed by atoms with Crippen LogP contribution in [0.4, 0.5) is 5.82 Å². The molecule has 0 unspecified atom stereocenters. The highest BCUT2D eigenvalue weighted by Gasteiger charge is 2.61.